The van der Waals surface area contributed by atoms with Gasteiger partial charge in [0, 0.05) is 0 Å². The molecule has 0 unspecified atom stereocenters. The Bertz CT molecular complexity index is 357. The van der Waals surface area contributed by atoms with Gasteiger partial charge in [-0.3, -0.25) is 10.2 Å². The molecule has 0 aromatic carbocycles. The first-order valence-electron chi connectivity index (χ1n) is 3.25. The largest absolute Gasteiger partial charge is 0.358 e. The van der Waals surface area contributed by atoms with Crippen molar-refractivity contribution < 1.29 is 9.72 Å². The third kappa shape index (κ3) is 1.62. The smallest absolute Gasteiger partial charge is 0.345 e. The number of rotatable bonds is 2. The number of hydrazine groups is 1. The van der Waals surface area contributed by atoms with Gasteiger partial charge in [0.2, 0.25) is 0 Å². The van der Waals surface area contributed by atoms with E-state index < -0.39 is 10.8 Å². The number of amides is 1. The molecule has 1 heterocycles. The summed E-state index contributed by atoms with van der Waals surface area (Å²) >= 11 is 0. The SMILES string of the molecule is Cn1nc(C(=O)NN)cc1[N+](=O)[O-]. The minimum absolute atomic E-state index is 0.0864. The summed E-state index contributed by atoms with van der Waals surface area (Å²) in [5.74, 6) is 3.89. The number of nitrogen functional groups attached to an aromatic ring is 1. The molecule has 3 N–H and O–H groups in total. The summed E-state index contributed by atoms with van der Waals surface area (Å²) in [5.41, 5.74) is 1.74. The van der Waals surface area contributed by atoms with Crippen molar-refractivity contribution in [2.45, 2.75) is 0 Å². The van der Waals surface area contributed by atoms with Crippen LogP contribution in [0.2, 0.25) is 0 Å². The van der Waals surface area contributed by atoms with Crippen LogP contribution in [-0.2, 0) is 7.05 Å². The third-order valence-electron chi connectivity index (χ3n) is 1.41. The molecule has 0 aliphatic heterocycles. The van der Waals surface area contributed by atoms with E-state index in [1.54, 1.807) is 0 Å². The predicted molar refractivity (Wildman–Crippen MR) is 41.5 cm³/mol. The summed E-state index contributed by atoms with van der Waals surface area (Å²) in [5, 5.41) is 13.9. The van der Waals surface area contributed by atoms with Crippen molar-refractivity contribution >= 4 is 11.7 Å². The van der Waals surface area contributed by atoms with E-state index in [0.717, 1.165) is 10.7 Å². The maximum absolute atomic E-state index is 10.9. The van der Waals surface area contributed by atoms with Gasteiger partial charge in [0.05, 0.1) is 6.07 Å². The van der Waals surface area contributed by atoms with Gasteiger partial charge in [-0.25, -0.2) is 5.84 Å². The maximum Gasteiger partial charge on any atom is 0.345 e. The van der Waals surface area contributed by atoms with E-state index in [0.29, 0.717) is 0 Å². The fourth-order valence-electron chi connectivity index (χ4n) is 0.813. The van der Waals surface area contributed by atoms with E-state index in [4.69, 9.17) is 5.84 Å². The van der Waals surface area contributed by atoms with Crippen LogP contribution in [0.15, 0.2) is 6.07 Å². The molecule has 0 bridgehead atoms. The number of hydrogen-bond acceptors (Lipinski definition) is 5. The highest BCUT2D eigenvalue weighted by atomic mass is 16.6. The molecule has 0 radical (unpaired) electrons. The fourth-order valence-corrected chi connectivity index (χ4v) is 0.813. The molecule has 1 rings (SSSR count). The number of nitrogens with one attached hydrogen (secondary N) is 1. The van der Waals surface area contributed by atoms with Crippen LogP contribution in [-0.4, -0.2) is 20.6 Å². The predicted octanol–water partition coefficient (Wildman–Crippen LogP) is -1.07. The minimum Gasteiger partial charge on any atom is -0.358 e. The molecule has 13 heavy (non-hydrogen) atoms. The molecule has 0 fully saturated rings. The second-order valence-electron chi connectivity index (χ2n) is 2.24. The zero-order valence-corrected chi connectivity index (χ0v) is 6.72. The van der Waals surface area contributed by atoms with Gasteiger partial charge in [0.15, 0.2) is 5.69 Å². The number of nitro groups is 1. The molecule has 0 spiro atoms. The third-order valence-corrected chi connectivity index (χ3v) is 1.41. The molecule has 70 valence electrons. The lowest BCUT2D eigenvalue weighted by atomic mass is 10.4. The number of carbonyl (C=O) groups is 1. The molecular formula is C5H7N5O3. The van der Waals surface area contributed by atoms with Gasteiger partial charge in [-0.1, -0.05) is 5.10 Å². The van der Waals surface area contributed by atoms with Crippen LogP contribution in [0.3, 0.4) is 0 Å². The molecule has 1 aromatic rings. The lowest BCUT2D eigenvalue weighted by Gasteiger charge is -1.89. The Labute approximate surface area is 72.4 Å². The Morgan fingerprint density at radius 3 is 2.85 bits per heavy atom. The van der Waals surface area contributed by atoms with Gasteiger partial charge < -0.3 is 10.1 Å². The Kier molecular flexibility index (Phi) is 2.24. The summed E-state index contributed by atoms with van der Waals surface area (Å²) in [6, 6.07) is 1.04. The zero-order valence-electron chi connectivity index (χ0n) is 6.72. The van der Waals surface area contributed by atoms with E-state index >= 15 is 0 Å². The van der Waals surface area contributed by atoms with E-state index in [2.05, 4.69) is 5.10 Å². The van der Waals surface area contributed by atoms with Crippen molar-refractivity contribution in [1.82, 2.24) is 15.2 Å². The summed E-state index contributed by atoms with van der Waals surface area (Å²) in [6.45, 7) is 0. The number of aryl methyl sites for hydroxylation is 1. The molecule has 8 nitrogen and oxygen atoms in total. The van der Waals surface area contributed by atoms with Gasteiger partial charge in [-0.05, 0) is 4.92 Å². The maximum atomic E-state index is 10.9. The van der Waals surface area contributed by atoms with Crippen LogP contribution in [0.25, 0.3) is 0 Å². The highest BCUT2D eigenvalue weighted by Gasteiger charge is 2.18. The monoisotopic (exact) mass is 185 g/mol. The molecule has 0 aliphatic carbocycles. The van der Waals surface area contributed by atoms with Crippen molar-refractivity contribution in [3.05, 3.63) is 21.9 Å². The van der Waals surface area contributed by atoms with Crippen molar-refractivity contribution in [3.63, 3.8) is 0 Å². The van der Waals surface area contributed by atoms with Crippen molar-refractivity contribution in [2.75, 3.05) is 0 Å². The van der Waals surface area contributed by atoms with Gasteiger partial charge in [0.1, 0.15) is 7.05 Å². The Balaban J connectivity index is 3.09. The fraction of sp³-hybridized carbons (Fsp3) is 0.200. The molecule has 0 aliphatic rings. The average Bonchev–Trinajstić information content (AvgIpc) is 2.46. The first-order valence-corrected chi connectivity index (χ1v) is 3.25. The number of hydrogen-bond donors (Lipinski definition) is 2. The van der Waals surface area contributed by atoms with Gasteiger partial charge in [-0.2, -0.15) is 0 Å². The highest BCUT2D eigenvalue weighted by molar-refractivity contribution is 5.92. The molecule has 8 heteroatoms. The lowest BCUT2D eigenvalue weighted by molar-refractivity contribution is -0.392. The van der Waals surface area contributed by atoms with E-state index in [1.807, 2.05) is 5.43 Å². The van der Waals surface area contributed by atoms with Crippen molar-refractivity contribution in [2.24, 2.45) is 12.9 Å². The molecule has 0 atom stereocenters. The summed E-state index contributed by atoms with van der Waals surface area (Å²) in [7, 11) is 1.37. The number of nitrogens with zero attached hydrogens (tertiary/aromatic N) is 3. The summed E-state index contributed by atoms with van der Waals surface area (Å²) < 4.78 is 0.991. The number of carbonyl (C=O) groups excluding carboxylic acids is 1. The van der Waals surface area contributed by atoms with Gasteiger partial charge >= 0.3 is 5.82 Å². The van der Waals surface area contributed by atoms with E-state index in [9.17, 15) is 14.9 Å². The quantitative estimate of drug-likeness (QED) is 0.263. The van der Waals surface area contributed by atoms with Crippen LogP contribution < -0.4 is 11.3 Å². The highest BCUT2D eigenvalue weighted by Crippen LogP contribution is 2.10. The first-order chi connectivity index (χ1) is 6.06. The van der Waals surface area contributed by atoms with Gasteiger partial charge in [0.25, 0.3) is 5.91 Å². The summed E-state index contributed by atoms with van der Waals surface area (Å²) in [4.78, 5) is 20.6. The van der Waals surface area contributed by atoms with Crippen molar-refractivity contribution in [1.29, 1.82) is 0 Å². The average molecular weight is 185 g/mol. The van der Waals surface area contributed by atoms with Crippen molar-refractivity contribution in [3.8, 4) is 0 Å². The molecule has 1 amide bonds. The van der Waals surface area contributed by atoms with Crippen LogP contribution in [0, 0.1) is 10.1 Å². The molecular weight excluding hydrogens is 178 g/mol. The summed E-state index contributed by atoms with van der Waals surface area (Å²) in [6.07, 6.45) is 0. The van der Waals surface area contributed by atoms with Crippen LogP contribution in [0.4, 0.5) is 5.82 Å². The van der Waals surface area contributed by atoms with Crippen LogP contribution in [0.5, 0.6) is 0 Å². The van der Waals surface area contributed by atoms with Gasteiger partial charge in [-0.15, -0.1) is 4.68 Å². The van der Waals surface area contributed by atoms with E-state index in [-0.39, 0.29) is 11.5 Å². The Morgan fingerprint density at radius 2 is 2.46 bits per heavy atom. The Hall–Kier alpha value is -1.96. The number of aromatic nitrogens is 2. The van der Waals surface area contributed by atoms with E-state index in [1.165, 1.54) is 7.05 Å². The topological polar surface area (TPSA) is 116 Å². The lowest BCUT2D eigenvalue weighted by Crippen LogP contribution is -2.30. The minimum atomic E-state index is -0.663. The first kappa shape index (κ1) is 9.13. The molecule has 0 saturated heterocycles. The molecule has 1 aromatic heterocycles. The second-order valence-corrected chi connectivity index (χ2v) is 2.24. The normalized spacial score (nSPS) is 9.69. The number of nitrogens with two attached hydrogens (primary N) is 1. The standard InChI is InChI=1S/C5H7N5O3/c1-9-4(10(12)13)2-3(8-9)5(11)7-6/h2H,6H2,1H3,(H,7,11). The zero-order chi connectivity index (χ0) is 10.0. The van der Waals surface area contributed by atoms with Crippen LogP contribution in [0.1, 0.15) is 10.5 Å². The van der Waals surface area contributed by atoms with Crippen LogP contribution >= 0.6 is 0 Å². The second kappa shape index (κ2) is 3.19. The molecule has 0 saturated carbocycles. The Morgan fingerprint density at radius 1 is 1.85 bits per heavy atom.